The quantitative estimate of drug-likeness (QED) is 0.608. The zero-order valence-corrected chi connectivity index (χ0v) is 15.2. The van der Waals surface area contributed by atoms with Crippen LogP contribution >= 0.6 is 0 Å². The number of amides is 1. The van der Waals surface area contributed by atoms with Crippen LogP contribution in [0.15, 0.2) is 30.3 Å². The molecule has 0 aromatic heterocycles. The van der Waals surface area contributed by atoms with Crippen molar-refractivity contribution in [2.45, 2.75) is 39.1 Å². The lowest BCUT2D eigenvalue weighted by molar-refractivity contribution is 0.0157. The third-order valence-electron chi connectivity index (χ3n) is 4.22. The number of fused-ring (bicyclic) bond motifs is 1. The number of nitrogens with zero attached hydrogens (tertiary/aromatic N) is 1. The molecular weight excluding hydrogens is 362 g/mol. The van der Waals surface area contributed by atoms with Crippen LogP contribution in [0, 0.1) is 17.5 Å². The van der Waals surface area contributed by atoms with Gasteiger partial charge in [-0.2, -0.15) is 0 Å². The molecule has 27 heavy (non-hydrogen) atoms. The molecule has 0 fully saturated rings. The van der Waals surface area contributed by atoms with Crippen LogP contribution in [0.1, 0.15) is 38.1 Å². The van der Waals surface area contributed by atoms with E-state index in [4.69, 9.17) is 4.74 Å². The highest BCUT2D eigenvalue weighted by Crippen LogP contribution is 2.39. The number of benzene rings is 2. The third-order valence-corrected chi connectivity index (χ3v) is 4.22. The Kier molecular flexibility index (Phi) is 4.88. The molecule has 1 atom stereocenters. The Hall–Kier alpha value is -2.57. The summed E-state index contributed by atoms with van der Waals surface area (Å²) in [7, 11) is 0. The molecule has 1 heterocycles. The van der Waals surface area contributed by atoms with Gasteiger partial charge in [0.2, 0.25) is 0 Å². The number of alkyl halides is 1. The highest BCUT2D eigenvalue weighted by Gasteiger charge is 2.34. The Balaban J connectivity index is 2.06. The molecule has 0 saturated heterocycles. The van der Waals surface area contributed by atoms with Crippen molar-refractivity contribution in [1.82, 2.24) is 4.90 Å². The zero-order valence-electron chi connectivity index (χ0n) is 15.2. The van der Waals surface area contributed by atoms with Gasteiger partial charge in [-0.1, -0.05) is 6.07 Å². The SMILES string of the molecule is CC(C)(C)OC(=O)N1Cc2c(-c3ccc(F)cc3F)ccc(F)c2C(F)C1. The summed E-state index contributed by atoms with van der Waals surface area (Å²) in [6.07, 6.45) is -2.53. The fourth-order valence-corrected chi connectivity index (χ4v) is 3.11. The van der Waals surface area contributed by atoms with Gasteiger partial charge in [0.05, 0.1) is 13.1 Å². The fraction of sp³-hybridized carbons (Fsp3) is 0.350. The predicted octanol–water partition coefficient (Wildman–Crippen LogP) is 5.53. The average molecular weight is 381 g/mol. The van der Waals surface area contributed by atoms with E-state index in [0.29, 0.717) is 6.07 Å². The molecule has 1 unspecified atom stereocenters. The smallest absolute Gasteiger partial charge is 0.410 e. The van der Waals surface area contributed by atoms with Crippen LogP contribution in [0.4, 0.5) is 22.4 Å². The molecular formula is C20H19F4NO2. The summed E-state index contributed by atoms with van der Waals surface area (Å²) in [5.41, 5.74) is -0.636. The van der Waals surface area contributed by atoms with Crippen LogP contribution < -0.4 is 0 Å². The standard InChI is InChI=1S/C20H19F4NO2/c1-20(2,3)27-19(26)25-9-14-12(13-5-4-11(21)8-16(13)23)6-7-15(22)18(14)17(24)10-25/h4-8,17H,9-10H2,1-3H3. The number of hydrogen-bond donors (Lipinski definition) is 0. The molecule has 7 heteroatoms. The topological polar surface area (TPSA) is 29.5 Å². The Bertz CT molecular complexity index is 892. The molecule has 3 rings (SSSR count). The second kappa shape index (κ2) is 6.87. The van der Waals surface area contributed by atoms with Gasteiger partial charge in [-0.3, -0.25) is 0 Å². The number of carbonyl (C=O) groups is 1. The van der Waals surface area contributed by atoms with Crippen molar-refractivity contribution in [2.75, 3.05) is 6.54 Å². The van der Waals surface area contributed by atoms with Crippen LogP contribution in [0.2, 0.25) is 0 Å². The molecule has 144 valence electrons. The van der Waals surface area contributed by atoms with E-state index in [0.717, 1.165) is 17.0 Å². The van der Waals surface area contributed by atoms with E-state index in [-0.39, 0.29) is 35.3 Å². The highest BCUT2D eigenvalue weighted by atomic mass is 19.1. The molecule has 1 amide bonds. The lowest BCUT2D eigenvalue weighted by Gasteiger charge is -2.34. The molecule has 0 spiro atoms. The summed E-state index contributed by atoms with van der Waals surface area (Å²) in [5.74, 6) is -2.38. The van der Waals surface area contributed by atoms with E-state index >= 15 is 0 Å². The lowest BCUT2D eigenvalue weighted by atomic mass is 9.89. The van der Waals surface area contributed by atoms with Crippen molar-refractivity contribution in [2.24, 2.45) is 0 Å². The van der Waals surface area contributed by atoms with E-state index in [2.05, 4.69) is 0 Å². The summed E-state index contributed by atoms with van der Waals surface area (Å²) < 4.78 is 61.7. The summed E-state index contributed by atoms with van der Waals surface area (Å²) >= 11 is 0. The number of carbonyl (C=O) groups excluding carboxylic acids is 1. The van der Waals surface area contributed by atoms with Crippen molar-refractivity contribution >= 4 is 6.09 Å². The summed E-state index contributed by atoms with van der Waals surface area (Å²) in [5, 5.41) is 0. The van der Waals surface area contributed by atoms with Gasteiger partial charge in [0.15, 0.2) is 0 Å². The third kappa shape index (κ3) is 3.91. The maximum absolute atomic E-state index is 14.7. The van der Waals surface area contributed by atoms with Gasteiger partial charge in [0, 0.05) is 17.2 Å². The molecule has 2 aromatic rings. The first-order valence-corrected chi connectivity index (χ1v) is 8.45. The van der Waals surface area contributed by atoms with Crippen molar-refractivity contribution < 1.29 is 27.1 Å². The maximum Gasteiger partial charge on any atom is 0.410 e. The first-order valence-electron chi connectivity index (χ1n) is 8.45. The summed E-state index contributed by atoms with van der Waals surface area (Å²) in [4.78, 5) is 13.4. The van der Waals surface area contributed by atoms with E-state index in [1.807, 2.05) is 0 Å². The van der Waals surface area contributed by atoms with Crippen molar-refractivity contribution in [3.8, 4) is 11.1 Å². The van der Waals surface area contributed by atoms with Gasteiger partial charge in [0.25, 0.3) is 0 Å². The van der Waals surface area contributed by atoms with Gasteiger partial charge in [-0.15, -0.1) is 0 Å². The first kappa shape index (κ1) is 19.2. The van der Waals surface area contributed by atoms with Crippen LogP contribution in [-0.2, 0) is 11.3 Å². The van der Waals surface area contributed by atoms with E-state index in [1.54, 1.807) is 20.8 Å². The van der Waals surface area contributed by atoms with Gasteiger partial charge < -0.3 is 9.64 Å². The lowest BCUT2D eigenvalue weighted by Crippen LogP contribution is -2.41. The Morgan fingerprint density at radius 3 is 2.37 bits per heavy atom. The average Bonchev–Trinajstić information content (AvgIpc) is 2.54. The van der Waals surface area contributed by atoms with E-state index in [9.17, 15) is 22.4 Å². The van der Waals surface area contributed by atoms with Gasteiger partial charge in [0.1, 0.15) is 29.2 Å². The Morgan fingerprint density at radius 1 is 1.07 bits per heavy atom. The van der Waals surface area contributed by atoms with Gasteiger partial charge >= 0.3 is 6.09 Å². The second-order valence-electron chi connectivity index (χ2n) is 7.44. The zero-order chi connectivity index (χ0) is 19.9. The minimum absolute atomic E-state index is 0.00545. The van der Waals surface area contributed by atoms with Crippen molar-refractivity contribution in [3.05, 3.63) is 58.9 Å². The molecule has 1 aliphatic heterocycles. The summed E-state index contributed by atoms with van der Waals surface area (Å²) in [6.45, 7) is 4.51. The largest absolute Gasteiger partial charge is 0.444 e. The monoisotopic (exact) mass is 381 g/mol. The number of rotatable bonds is 1. The number of halogens is 4. The number of hydrogen-bond acceptors (Lipinski definition) is 2. The number of ether oxygens (including phenoxy) is 1. The van der Waals surface area contributed by atoms with Crippen LogP contribution in [0.3, 0.4) is 0 Å². The molecule has 3 nitrogen and oxygen atoms in total. The Labute approximate surface area is 154 Å². The minimum atomic E-state index is -1.79. The second-order valence-corrected chi connectivity index (χ2v) is 7.44. The Morgan fingerprint density at radius 2 is 1.74 bits per heavy atom. The maximum atomic E-state index is 14.7. The first-order chi connectivity index (χ1) is 12.6. The minimum Gasteiger partial charge on any atom is -0.444 e. The van der Waals surface area contributed by atoms with Crippen molar-refractivity contribution in [1.29, 1.82) is 0 Å². The molecule has 1 aliphatic rings. The van der Waals surface area contributed by atoms with E-state index in [1.165, 1.54) is 12.1 Å². The van der Waals surface area contributed by atoms with E-state index < -0.39 is 35.3 Å². The molecule has 0 aliphatic carbocycles. The molecule has 0 bridgehead atoms. The van der Waals surface area contributed by atoms with Gasteiger partial charge in [-0.05, 0) is 50.1 Å². The highest BCUT2D eigenvalue weighted by molar-refractivity contribution is 5.73. The van der Waals surface area contributed by atoms with Crippen LogP contribution in [-0.4, -0.2) is 23.1 Å². The molecule has 0 radical (unpaired) electrons. The van der Waals surface area contributed by atoms with Crippen LogP contribution in [0.25, 0.3) is 11.1 Å². The molecule has 0 N–H and O–H groups in total. The molecule has 2 aromatic carbocycles. The predicted molar refractivity (Wildman–Crippen MR) is 92.2 cm³/mol. The molecule has 0 saturated carbocycles. The van der Waals surface area contributed by atoms with Crippen molar-refractivity contribution in [3.63, 3.8) is 0 Å². The van der Waals surface area contributed by atoms with Gasteiger partial charge in [-0.25, -0.2) is 22.4 Å². The fourth-order valence-electron chi connectivity index (χ4n) is 3.11. The van der Waals surface area contributed by atoms with Crippen LogP contribution in [0.5, 0.6) is 0 Å². The summed E-state index contributed by atoms with van der Waals surface area (Å²) in [6, 6.07) is 5.32. The normalized spacial score (nSPS) is 16.9.